The van der Waals surface area contributed by atoms with E-state index in [4.69, 9.17) is 14.2 Å². The maximum Gasteiger partial charge on any atom is 0.246 e. The van der Waals surface area contributed by atoms with Gasteiger partial charge >= 0.3 is 0 Å². The number of aromatic nitrogens is 1. The first kappa shape index (κ1) is 87.0. The number of methoxy groups -OCH3 is 2. The lowest BCUT2D eigenvalue weighted by molar-refractivity contribution is -0.890. The number of amides is 12. The third kappa shape index (κ3) is 23.9. The number of nitrogens with one attached hydrogen (secondary N) is 9. The molecule has 12 amide bonds. The molecule has 115 heavy (non-hydrogen) atoms. The van der Waals surface area contributed by atoms with Gasteiger partial charge in [-0.05, 0) is 142 Å². The minimum absolute atomic E-state index is 0.0588. The van der Waals surface area contributed by atoms with Crippen molar-refractivity contribution in [3.05, 3.63) is 136 Å². The predicted octanol–water partition coefficient (Wildman–Crippen LogP) is 2.58. The standard InChI is InChI=1S/C84H113FN14O16/c1-53-76(105)93-67(49-88-70(101)19-11-10-14-40-99(4,5)41-42-113-6)78(107)90-64-45-58-17-15-18-59(43-58)48-87-72(103)52-115-69-33-39-97-75(69)80(109)94-74(54(2)100)79(108)92-65(44-56-24-27-62(114-7)28-25-56)82(111)98-38-16-34-84(98,3)83(112)86-35-32-55-20-22-57(23-21-55)50-96(73(104)31-30-71(102)89-53)37-13-9-8-12-36-95-51-60(46-66(81(97)110)91-77(64)106)63-47-61(85)26-29-68(63)95/h15,17-18,20-29,43,47,51,53-54,64-67,69,74-75,100H,8-14,16,19,30-42,44-46,48-50,52H2,1-7H3,(H8-,86,87,88,89,90,91,92,93,94,101,102,103,105,106,107,108,109,112)/p+1/t53-,54+,64-,65-,66-,67+,69-,74-,75-,84-/m0/s1. The van der Waals surface area contributed by atoms with Crippen LogP contribution in [0.2, 0.25) is 0 Å². The number of likely N-dealkylation sites (N-methyl/N-ethyl adjacent to an activating group) is 1. The molecule has 0 aliphatic carbocycles. The van der Waals surface area contributed by atoms with E-state index >= 15 is 33.2 Å². The number of carbonyl (C=O) groups is 12. The van der Waals surface area contributed by atoms with Crippen molar-refractivity contribution in [2.45, 2.75) is 210 Å². The Hall–Kier alpha value is -10.4. The molecule has 622 valence electrons. The van der Waals surface area contributed by atoms with Gasteiger partial charge in [0.25, 0.3) is 0 Å². The van der Waals surface area contributed by atoms with Gasteiger partial charge in [-0.15, -0.1) is 0 Å². The zero-order valence-electron chi connectivity index (χ0n) is 67.1. The molecule has 0 saturated carbocycles. The van der Waals surface area contributed by atoms with Crippen molar-refractivity contribution in [3.63, 3.8) is 0 Å². The number of carbonyl (C=O) groups excluding carboxylic acids is 12. The summed E-state index contributed by atoms with van der Waals surface area (Å²) in [6.45, 7) is 6.18. The minimum atomic E-state index is -1.86. The van der Waals surface area contributed by atoms with Crippen LogP contribution in [0.15, 0.2) is 97.2 Å². The second-order valence-corrected chi connectivity index (χ2v) is 31.9. The predicted molar refractivity (Wildman–Crippen MR) is 424 cm³/mol. The fraction of sp³-hybridized carbons (Fsp3) is 0.548. The number of fused-ring (bicyclic) bond motifs is 16. The fourth-order valence-corrected chi connectivity index (χ4v) is 15.7. The van der Waals surface area contributed by atoms with Crippen LogP contribution in [-0.2, 0) is 112 Å². The van der Waals surface area contributed by atoms with E-state index in [9.17, 15) is 33.9 Å². The molecular weight excluding hydrogens is 1480 g/mol. The van der Waals surface area contributed by atoms with Gasteiger partial charge in [0.1, 0.15) is 72.6 Å². The molecule has 4 aromatic carbocycles. The molecular formula is C84H114FN14O16+. The Kier molecular flexibility index (Phi) is 30.8. The van der Waals surface area contributed by atoms with Crippen molar-refractivity contribution in [3.8, 4) is 5.75 Å². The first-order chi connectivity index (χ1) is 55.1. The van der Waals surface area contributed by atoms with E-state index in [1.54, 1.807) is 79.7 Å². The summed E-state index contributed by atoms with van der Waals surface area (Å²) in [5, 5.41) is 37.2. The lowest BCUT2D eigenvalue weighted by Gasteiger charge is -2.37. The first-order valence-electron chi connectivity index (χ1n) is 40.3. The number of unbranched alkanes of at least 4 members (excludes halogenated alkanes) is 2. The van der Waals surface area contributed by atoms with Crippen LogP contribution in [0.3, 0.4) is 0 Å². The number of halogens is 1. The van der Waals surface area contributed by atoms with E-state index in [1.807, 2.05) is 28.8 Å². The molecule has 2 fully saturated rings. The summed E-state index contributed by atoms with van der Waals surface area (Å²) in [4.78, 5) is 183. The van der Waals surface area contributed by atoms with Crippen LogP contribution in [0.4, 0.5) is 4.39 Å². The van der Waals surface area contributed by atoms with E-state index in [-0.39, 0.29) is 90.0 Å². The van der Waals surface area contributed by atoms with Gasteiger partial charge < -0.3 is 90.9 Å². The normalized spacial score (nSPS) is 24.6. The summed E-state index contributed by atoms with van der Waals surface area (Å²) in [6.07, 6.45) is 2.90. The maximum atomic E-state index is 16.3. The molecule has 11 rings (SSSR count). The van der Waals surface area contributed by atoms with Gasteiger partial charge in [0, 0.05) is 115 Å². The van der Waals surface area contributed by atoms with Gasteiger partial charge in [0.15, 0.2) is 0 Å². The third-order valence-corrected chi connectivity index (χ3v) is 22.6. The lowest BCUT2D eigenvalue weighted by atomic mass is 9.95. The molecule has 0 unspecified atom stereocenters. The fourth-order valence-electron chi connectivity index (χ4n) is 15.7. The molecule has 5 aromatic rings. The lowest BCUT2D eigenvalue weighted by Crippen LogP contribution is -2.64. The highest BCUT2D eigenvalue weighted by molar-refractivity contribution is 6.00. The first-order valence-corrected chi connectivity index (χ1v) is 40.3. The highest BCUT2D eigenvalue weighted by atomic mass is 19.1. The van der Waals surface area contributed by atoms with Crippen molar-refractivity contribution < 1.29 is 85.7 Å². The largest absolute Gasteiger partial charge is 0.497 e. The average Bonchev–Trinajstić information content (AvgIpc) is 1.65. The van der Waals surface area contributed by atoms with Crippen molar-refractivity contribution in [2.75, 3.05) is 87.3 Å². The SMILES string of the molecule is COCC[N+](C)(C)CCCCCC(=O)NC[C@H]1NC(=O)[C@H](C)NC(=O)CCC(=O)N2CCCCCCn3cc(c4cc(F)ccc43)C[C@@H]3NC(=O)[C@H](Cc4cccc(c4)CNC(=O)CO[C@H]4CCN(C3=O)[C@@H]4C(=O)N[C@@H]([C@@H](C)O)C(=O)N[C@@H](Cc3ccc(OC)cc3)C(=O)N3CCC[C@@]3(C)C(=O)NCCc3ccc(cc3)C2)NC1=O. The van der Waals surface area contributed by atoms with Crippen molar-refractivity contribution in [2.24, 2.45) is 0 Å². The molecule has 10 N–H and O–H groups in total. The molecule has 6 aliphatic rings. The number of hydrogen-bond acceptors (Lipinski definition) is 16. The van der Waals surface area contributed by atoms with E-state index in [0.717, 1.165) is 35.5 Å². The molecule has 2 saturated heterocycles. The summed E-state index contributed by atoms with van der Waals surface area (Å²) in [5.41, 5.74) is 2.75. The van der Waals surface area contributed by atoms with Crippen LogP contribution in [0.5, 0.6) is 5.75 Å². The Balaban J connectivity index is 1.07. The third-order valence-electron chi connectivity index (χ3n) is 22.6. The van der Waals surface area contributed by atoms with Crippen LogP contribution in [-0.4, -0.2) is 247 Å². The number of aliphatic hydroxyl groups is 1. The smallest absolute Gasteiger partial charge is 0.246 e. The van der Waals surface area contributed by atoms with Crippen molar-refractivity contribution in [1.82, 2.24) is 67.1 Å². The summed E-state index contributed by atoms with van der Waals surface area (Å²) in [6, 6.07) is 14.0. The number of quaternary nitrogens is 1. The van der Waals surface area contributed by atoms with Gasteiger partial charge in [-0.25, -0.2) is 4.39 Å². The van der Waals surface area contributed by atoms with Crippen LogP contribution in [0.25, 0.3) is 10.9 Å². The quantitative estimate of drug-likeness (QED) is 0.0532. The second kappa shape index (κ2) is 40.8. The van der Waals surface area contributed by atoms with Crippen LogP contribution in [0.1, 0.15) is 138 Å². The van der Waals surface area contributed by atoms with E-state index < -0.39 is 144 Å². The Morgan fingerprint density at radius 1 is 0.687 bits per heavy atom. The highest BCUT2D eigenvalue weighted by Crippen LogP contribution is 2.32. The van der Waals surface area contributed by atoms with Gasteiger partial charge in [-0.1, -0.05) is 73.5 Å². The summed E-state index contributed by atoms with van der Waals surface area (Å²) in [7, 11) is 7.33. The van der Waals surface area contributed by atoms with Crippen molar-refractivity contribution >= 4 is 81.8 Å². The van der Waals surface area contributed by atoms with E-state index in [0.29, 0.717) is 114 Å². The topological polar surface area (TPSA) is 376 Å². The number of rotatable bonds is 15. The Morgan fingerprint density at radius 3 is 2.17 bits per heavy atom. The average molecular weight is 1590 g/mol. The zero-order valence-corrected chi connectivity index (χ0v) is 67.1. The highest BCUT2D eigenvalue weighted by Gasteiger charge is 2.50. The monoisotopic (exact) mass is 1590 g/mol. The molecule has 31 heteroatoms. The molecule has 30 nitrogen and oxygen atoms in total. The second-order valence-electron chi connectivity index (χ2n) is 31.9. The number of nitrogens with zero attached hydrogens (tertiary/aromatic N) is 5. The molecule has 6 aliphatic heterocycles. The molecule has 12 bridgehead atoms. The maximum absolute atomic E-state index is 16.3. The molecule has 10 atom stereocenters. The molecule has 0 radical (unpaired) electrons. The van der Waals surface area contributed by atoms with Gasteiger partial charge in [0.2, 0.25) is 70.9 Å². The number of aryl methyl sites for hydroxylation is 1. The summed E-state index contributed by atoms with van der Waals surface area (Å²) < 4.78 is 35.5. The van der Waals surface area contributed by atoms with Crippen LogP contribution >= 0.6 is 0 Å². The van der Waals surface area contributed by atoms with E-state index in [1.165, 1.54) is 38.0 Å². The Bertz CT molecular complexity index is 4290. The molecule has 1 aromatic heterocycles. The number of aliphatic hydroxyl groups excluding tert-OH is 1. The molecule has 7 heterocycles. The van der Waals surface area contributed by atoms with Gasteiger partial charge in [-0.3, -0.25) is 57.5 Å². The van der Waals surface area contributed by atoms with E-state index in [2.05, 4.69) is 61.9 Å². The summed E-state index contributed by atoms with van der Waals surface area (Å²) in [5.74, 6) is -9.04. The van der Waals surface area contributed by atoms with Crippen molar-refractivity contribution in [1.29, 1.82) is 0 Å². The number of hydrogen-bond donors (Lipinski definition) is 10. The number of ether oxygens (including phenoxy) is 3. The van der Waals surface area contributed by atoms with Crippen LogP contribution in [0, 0.1) is 5.82 Å². The molecule has 0 spiro atoms. The Labute approximate surface area is 670 Å². The minimum Gasteiger partial charge on any atom is -0.497 e. The Morgan fingerprint density at radius 2 is 1.42 bits per heavy atom. The number of benzene rings is 4. The summed E-state index contributed by atoms with van der Waals surface area (Å²) >= 11 is 0. The zero-order chi connectivity index (χ0) is 82.5. The van der Waals surface area contributed by atoms with Gasteiger partial charge in [0.05, 0.1) is 46.6 Å². The van der Waals surface area contributed by atoms with Crippen LogP contribution < -0.4 is 52.6 Å². The van der Waals surface area contributed by atoms with Gasteiger partial charge in [-0.2, -0.15) is 0 Å².